The summed E-state index contributed by atoms with van der Waals surface area (Å²) in [5.74, 6) is -0.433. The predicted molar refractivity (Wildman–Crippen MR) is 90.7 cm³/mol. The molecule has 1 amide bonds. The minimum absolute atomic E-state index is 0.204. The van der Waals surface area contributed by atoms with Crippen LogP contribution in [-0.4, -0.2) is 24.8 Å². The van der Waals surface area contributed by atoms with Gasteiger partial charge < -0.3 is 10.2 Å². The molecule has 1 aliphatic heterocycles. The van der Waals surface area contributed by atoms with E-state index in [0.29, 0.717) is 29.4 Å². The molecular weight excluding hydrogens is 312 g/mol. The molecule has 0 saturated carbocycles. The average Bonchev–Trinajstić information content (AvgIpc) is 2.58. The van der Waals surface area contributed by atoms with Crippen LogP contribution in [0, 0.1) is 0 Å². The average molecular weight is 327 g/mol. The van der Waals surface area contributed by atoms with E-state index in [0.717, 1.165) is 5.69 Å². The van der Waals surface area contributed by atoms with Crippen molar-refractivity contribution in [3.63, 3.8) is 0 Å². The lowest BCUT2D eigenvalue weighted by molar-refractivity contribution is -0.116. The Morgan fingerprint density at radius 3 is 2.48 bits per heavy atom. The highest BCUT2D eigenvalue weighted by Crippen LogP contribution is 2.18. The number of nitrogens with zero attached hydrogens (tertiary/aromatic N) is 1. The Kier molecular flexibility index (Phi) is 4.44. The van der Waals surface area contributed by atoms with Crippen LogP contribution in [0.3, 0.4) is 0 Å². The highest BCUT2D eigenvalue weighted by molar-refractivity contribution is 6.30. The van der Waals surface area contributed by atoms with Crippen LogP contribution in [0.5, 0.6) is 0 Å². The maximum Gasteiger partial charge on any atom is 0.274 e. The first kappa shape index (κ1) is 15.3. The molecule has 0 bridgehead atoms. The van der Waals surface area contributed by atoms with Gasteiger partial charge in [-0.25, -0.2) is 0 Å². The number of amides is 1. The normalized spacial score (nSPS) is 16.3. The van der Waals surface area contributed by atoms with Crippen LogP contribution in [0.15, 0.2) is 66.4 Å². The molecule has 116 valence electrons. The van der Waals surface area contributed by atoms with E-state index in [1.54, 1.807) is 29.2 Å². The zero-order valence-electron chi connectivity index (χ0n) is 12.3. The number of carbonyl (C=O) groups excluding carboxylic acids is 2. The van der Waals surface area contributed by atoms with E-state index in [4.69, 9.17) is 11.6 Å². The van der Waals surface area contributed by atoms with Crippen molar-refractivity contribution >= 4 is 29.0 Å². The summed E-state index contributed by atoms with van der Waals surface area (Å²) in [5.41, 5.74) is 1.62. The van der Waals surface area contributed by atoms with Gasteiger partial charge >= 0.3 is 0 Å². The van der Waals surface area contributed by atoms with Crippen LogP contribution in [0.4, 0.5) is 5.69 Å². The number of para-hydroxylation sites is 1. The molecule has 1 aliphatic rings. The molecule has 0 unspecified atom stereocenters. The molecule has 5 heteroatoms. The first-order valence-electron chi connectivity index (χ1n) is 7.27. The predicted octanol–water partition coefficient (Wildman–Crippen LogP) is 3.04. The molecule has 4 nitrogen and oxygen atoms in total. The second-order valence-electron chi connectivity index (χ2n) is 5.15. The maximum atomic E-state index is 12.6. The fourth-order valence-electron chi connectivity index (χ4n) is 2.42. The molecule has 1 fully saturated rings. The summed E-state index contributed by atoms with van der Waals surface area (Å²) in [6.07, 6.45) is 1.35. The molecule has 0 aromatic heterocycles. The number of piperazine rings is 1. The third-order valence-corrected chi connectivity index (χ3v) is 3.85. The van der Waals surface area contributed by atoms with Crippen molar-refractivity contribution in [3.05, 3.63) is 77.0 Å². The molecule has 2 aromatic rings. The van der Waals surface area contributed by atoms with Gasteiger partial charge in [-0.05, 0) is 36.4 Å². The van der Waals surface area contributed by atoms with Gasteiger partial charge in [0.15, 0.2) is 5.78 Å². The van der Waals surface area contributed by atoms with Crippen LogP contribution < -0.4 is 10.2 Å². The second kappa shape index (κ2) is 6.67. The van der Waals surface area contributed by atoms with Gasteiger partial charge in [-0.15, -0.1) is 0 Å². The second-order valence-corrected chi connectivity index (χ2v) is 5.58. The number of allylic oxidation sites excluding steroid dienone is 1. The van der Waals surface area contributed by atoms with E-state index in [-0.39, 0.29) is 11.7 Å². The topological polar surface area (TPSA) is 49.4 Å². The largest absolute Gasteiger partial charge is 0.379 e. The van der Waals surface area contributed by atoms with Gasteiger partial charge in [-0.3, -0.25) is 9.59 Å². The van der Waals surface area contributed by atoms with Crippen molar-refractivity contribution in [1.82, 2.24) is 5.32 Å². The van der Waals surface area contributed by atoms with Crippen LogP contribution >= 0.6 is 11.6 Å². The number of hydrogen-bond acceptors (Lipinski definition) is 3. The minimum atomic E-state index is -0.229. The summed E-state index contributed by atoms with van der Waals surface area (Å²) in [5, 5.41) is 3.57. The van der Waals surface area contributed by atoms with Crippen LogP contribution in [0.1, 0.15) is 10.4 Å². The summed E-state index contributed by atoms with van der Waals surface area (Å²) in [6, 6.07) is 16.0. The summed E-state index contributed by atoms with van der Waals surface area (Å²) in [7, 11) is 0. The van der Waals surface area contributed by atoms with E-state index in [1.165, 1.54) is 6.08 Å². The van der Waals surface area contributed by atoms with Crippen molar-refractivity contribution in [2.45, 2.75) is 0 Å². The quantitative estimate of drug-likeness (QED) is 0.696. The SMILES string of the molecule is O=C(C=C1NCCN(c2ccccc2)C1=O)c1ccc(Cl)cc1. The summed E-state index contributed by atoms with van der Waals surface area (Å²) in [6.45, 7) is 1.16. The van der Waals surface area contributed by atoms with Gasteiger partial charge in [-0.1, -0.05) is 29.8 Å². The molecule has 0 atom stereocenters. The molecule has 1 heterocycles. The molecule has 0 spiro atoms. The van der Waals surface area contributed by atoms with Crippen LogP contribution in [0.2, 0.25) is 5.02 Å². The summed E-state index contributed by atoms with van der Waals surface area (Å²) in [4.78, 5) is 26.5. The Morgan fingerprint density at radius 2 is 1.78 bits per heavy atom. The number of hydrogen-bond donors (Lipinski definition) is 1. The van der Waals surface area contributed by atoms with Gasteiger partial charge in [0.2, 0.25) is 0 Å². The minimum Gasteiger partial charge on any atom is -0.379 e. The Labute approximate surface area is 139 Å². The lowest BCUT2D eigenvalue weighted by Gasteiger charge is -2.29. The molecule has 3 rings (SSSR count). The highest BCUT2D eigenvalue weighted by atomic mass is 35.5. The maximum absolute atomic E-state index is 12.6. The monoisotopic (exact) mass is 326 g/mol. The number of ketones is 1. The number of halogens is 1. The number of benzene rings is 2. The van der Waals surface area contributed by atoms with Gasteiger partial charge in [0, 0.05) is 35.4 Å². The standard InChI is InChI=1S/C18H15ClN2O2/c19-14-8-6-13(7-9-14)17(22)12-16-18(23)21(11-10-20-16)15-4-2-1-3-5-15/h1-9,12,20H,10-11H2. The number of anilines is 1. The first-order chi connectivity index (χ1) is 11.1. The molecular formula is C18H15ClN2O2. The molecule has 0 aliphatic carbocycles. The number of carbonyl (C=O) groups is 2. The van der Waals surface area contributed by atoms with E-state index >= 15 is 0 Å². The molecule has 1 N–H and O–H groups in total. The third kappa shape index (κ3) is 3.43. The van der Waals surface area contributed by atoms with Crippen molar-refractivity contribution in [2.75, 3.05) is 18.0 Å². The van der Waals surface area contributed by atoms with Gasteiger partial charge in [-0.2, -0.15) is 0 Å². The van der Waals surface area contributed by atoms with E-state index in [1.807, 2.05) is 30.3 Å². The third-order valence-electron chi connectivity index (χ3n) is 3.60. The summed E-state index contributed by atoms with van der Waals surface area (Å²) < 4.78 is 0. The first-order valence-corrected chi connectivity index (χ1v) is 7.65. The van der Waals surface area contributed by atoms with E-state index in [9.17, 15) is 9.59 Å². The fraction of sp³-hybridized carbons (Fsp3) is 0.111. The van der Waals surface area contributed by atoms with Crippen molar-refractivity contribution in [1.29, 1.82) is 0 Å². The number of rotatable bonds is 3. The van der Waals surface area contributed by atoms with E-state index in [2.05, 4.69) is 5.32 Å². The van der Waals surface area contributed by atoms with Crippen LogP contribution in [0.25, 0.3) is 0 Å². The smallest absolute Gasteiger partial charge is 0.274 e. The van der Waals surface area contributed by atoms with Gasteiger partial charge in [0.25, 0.3) is 5.91 Å². The highest BCUT2D eigenvalue weighted by Gasteiger charge is 2.24. The van der Waals surface area contributed by atoms with Crippen molar-refractivity contribution in [2.24, 2.45) is 0 Å². The molecule has 23 heavy (non-hydrogen) atoms. The lowest BCUT2D eigenvalue weighted by Crippen LogP contribution is -2.46. The molecule has 2 aromatic carbocycles. The Bertz CT molecular complexity index is 754. The van der Waals surface area contributed by atoms with Crippen molar-refractivity contribution < 1.29 is 9.59 Å². The zero-order chi connectivity index (χ0) is 16.2. The fourth-order valence-corrected chi connectivity index (χ4v) is 2.55. The molecule has 0 radical (unpaired) electrons. The zero-order valence-corrected chi connectivity index (χ0v) is 13.1. The Morgan fingerprint density at radius 1 is 1.09 bits per heavy atom. The van der Waals surface area contributed by atoms with Crippen LogP contribution in [-0.2, 0) is 4.79 Å². The van der Waals surface area contributed by atoms with Gasteiger partial charge in [0.1, 0.15) is 5.70 Å². The van der Waals surface area contributed by atoms with Crippen molar-refractivity contribution in [3.8, 4) is 0 Å². The lowest BCUT2D eigenvalue weighted by atomic mass is 10.1. The summed E-state index contributed by atoms with van der Waals surface area (Å²) >= 11 is 5.82. The van der Waals surface area contributed by atoms with Gasteiger partial charge in [0.05, 0.1) is 0 Å². The number of nitrogens with one attached hydrogen (secondary N) is 1. The Hall–Kier alpha value is -2.59. The van der Waals surface area contributed by atoms with E-state index < -0.39 is 0 Å². The Balaban J connectivity index is 1.83. The molecule has 1 saturated heterocycles.